The second kappa shape index (κ2) is 3.89. The Kier molecular flexibility index (Phi) is 2.60. The average molecular weight is 253 g/mol. The maximum absolute atomic E-state index is 13.3. The van der Waals surface area contributed by atoms with Crippen molar-refractivity contribution in [2.24, 2.45) is 5.73 Å². The summed E-state index contributed by atoms with van der Waals surface area (Å²) in [6.07, 6.45) is 1.84. The highest BCUT2D eigenvalue weighted by Crippen LogP contribution is 2.48. The highest BCUT2D eigenvalue weighted by Gasteiger charge is 2.47. The van der Waals surface area contributed by atoms with Gasteiger partial charge >= 0.3 is 0 Å². The molecule has 2 heterocycles. The van der Waals surface area contributed by atoms with Crippen molar-refractivity contribution in [3.63, 3.8) is 0 Å². The van der Waals surface area contributed by atoms with E-state index in [9.17, 15) is 4.39 Å². The summed E-state index contributed by atoms with van der Waals surface area (Å²) in [5, 5.41) is 0.421. The molecule has 4 heteroatoms. The van der Waals surface area contributed by atoms with Gasteiger partial charge in [0.15, 0.2) is 0 Å². The van der Waals surface area contributed by atoms with Crippen LogP contribution < -0.4 is 10.5 Å². The number of hydrogen-bond acceptors (Lipinski definition) is 3. The first-order valence-electron chi connectivity index (χ1n) is 5.96. The van der Waals surface area contributed by atoms with Crippen LogP contribution in [-0.4, -0.2) is 16.6 Å². The first-order valence-corrected chi connectivity index (χ1v) is 7.01. The first kappa shape index (κ1) is 11.4. The molecule has 2 aliphatic heterocycles. The summed E-state index contributed by atoms with van der Waals surface area (Å²) in [6.45, 7) is 2.18. The highest BCUT2D eigenvalue weighted by atomic mass is 32.2. The molecule has 0 aliphatic carbocycles. The zero-order chi connectivity index (χ0) is 12.0. The Balaban J connectivity index is 2.02. The summed E-state index contributed by atoms with van der Waals surface area (Å²) in [7, 11) is 0. The van der Waals surface area contributed by atoms with Crippen LogP contribution in [0.2, 0.25) is 0 Å². The summed E-state index contributed by atoms with van der Waals surface area (Å²) in [6, 6.07) is 4.62. The molecule has 2 aliphatic rings. The fourth-order valence-corrected chi connectivity index (χ4v) is 4.19. The van der Waals surface area contributed by atoms with Crippen LogP contribution in [0.1, 0.15) is 31.4 Å². The lowest BCUT2D eigenvalue weighted by Gasteiger charge is -2.41. The van der Waals surface area contributed by atoms with Gasteiger partial charge in [-0.05, 0) is 25.2 Å². The van der Waals surface area contributed by atoms with Crippen molar-refractivity contribution < 1.29 is 9.13 Å². The van der Waals surface area contributed by atoms with E-state index >= 15 is 0 Å². The largest absolute Gasteiger partial charge is 0.486 e. The Morgan fingerprint density at radius 3 is 3.06 bits per heavy atom. The summed E-state index contributed by atoms with van der Waals surface area (Å²) < 4.78 is 19.4. The van der Waals surface area contributed by atoms with Crippen LogP contribution in [0.15, 0.2) is 18.2 Å². The molecule has 3 atom stereocenters. The van der Waals surface area contributed by atoms with Crippen molar-refractivity contribution in [1.29, 1.82) is 0 Å². The molecule has 0 amide bonds. The second-order valence-electron chi connectivity index (χ2n) is 4.92. The number of thioether (sulfide) groups is 1. The van der Waals surface area contributed by atoms with Gasteiger partial charge in [-0.15, -0.1) is 0 Å². The maximum Gasteiger partial charge on any atom is 0.127 e. The van der Waals surface area contributed by atoms with Gasteiger partial charge in [-0.1, -0.05) is 6.07 Å². The molecule has 0 bridgehead atoms. The number of fused-ring (bicyclic) bond motifs is 1. The summed E-state index contributed by atoms with van der Waals surface area (Å²) >= 11 is 1.91. The topological polar surface area (TPSA) is 35.2 Å². The van der Waals surface area contributed by atoms with Gasteiger partial charge in [-0.3, -0.25) is 0 Å². The Labute approximate surface area is 105 Å². The van der Waals surface area contributed by atoms with Crippen molar-refractivity contribution in [3.05, 3.63) is 29.6 Å². The normalized spacial score (nSPS) is 35.7. The molecule has 1 spiro atoms. The molecule has 2 N–H and O–H groups in total. The van der Waals surface area contributed by atoms with E-state index in [4.69, 9.17) is 10.5 Å². The molecule has 2 unspecified atom stereocenters. The Hall–Kier alpha value is -0.740. The van der Waals surface area contributed by atoms with E-state index in [0.717, 1.165) is 24.2 Å². The predicted octanol–water partition coefficient (Wildman–Crippen LogP) is 2.87. The highest BCUT2D eigenvalue weighted by molar-refractivity contribution is 8.00. The quantitative estimate of drug-likeness (QED) is 0.772. The minimum Gasteiger partial charge on any atom is -0.486 e. The molecule has 0 radical (unpaired) electrons. The second-order valence-corrected chi connectivity index (χ2v) is 6.37. The molecule has 2 nitrogen and oxygen atoms in total. The summed E-state index contributed by atoms with van der Waals surface area (Å²) in [5.74, 6) is 1.47. The van der Waals surface area contributed by atoms with E-state index in [1.54, 1.807) is 6.07 Å². The van der Waals surface area contributed by atoms with Crippen LogP contribution in [0.3, 0.4) is 0 Å². The van der Waals surface area contributed by atoms with E-state index in [-0.39, 0.29) is 17.5 Å². The van der Waals surface area contributed by atoms with Crippen LogP contribution in [0.25, 0.3) is 0 Å². The van der Waals surface area contributed by atoms with Crippen molar-refractivity contribution in [2.75, 3.05) is 5.75 Å². The minimum absolute atomic E-state index is 0.0412. The number of nitrogens with two attached hydrogens (primary N) is 1. The number of halogens is 1. The third-order valence-corrected chi connectivity index (χ3v) is 5.26. The van der Waals surface area contributed by atoms with Crippen molar-refractivity contribution in [1.82, 2.24) is 0 Å². The van der Waals surface area contributed by atoms with Gasteiger partial charge in [-0.25, -0.2) is 4.39 Å². The Bertz CT molecular complexity index is 453. The van der Waals surface area contributed by atoms with Gasteiger partial charge in [0.2, 0.25) is 0 Å². The van der Waals surface area contributed by atoms with E-state index in [1.807, 2.05) is 11.8 Å². The Morgan fingerprint density at radius 2 is 2.35 bits per heavy atom. The molecule has 0 aromatic heterocycles. The lowest BCUT2D eigenvalue weighted by molar-refractivity contribution is 0.0407. The van der Waals surface area contributed by atoms with Gasteiger partial charge < -0.3 is 10.5 Å². The lowest BCUT2D eigenvalue weighted by atomic mass is 9.84. The minimum atomic E-state index is -0.258. The van der Waals surface area contributed by atoms with E-state index in [1.165, 1.54) is 12.1 Å². The molecule has 0 saturated carbocycles. The number of rotatable bonds is 0. The number of hydrogen-bond donors (Lipinski definition) is 1. The molecule has 1 saturated heterocycles. The fraction of sp³-hybridized carbons (Fsp3) is 0.538. The molecule has 17 heavy (non-hydrogen) atoms. The van der Waals surface area contributed by atoms with Gasteiger partial charge in [0.1, 0.15) is 17.2 Å². The monoisotopic (exact) mass is 253 g/mol. The molecular formula is C13H16FNOS. The first-order chi connectivity index (χ1) is 8.11. The van der Waals surface area contributed by atoms with Crippen molar-refractivity contribution in [2.45, 2.75) is 36.7 Å². The van der Waals surface area contributed by atoms with Gasteiger partial charge in [-0.2, -0.15) is 11.8 Å². The van der Waals surface area contributed by atoms with Crippen molar-refractivity contribution in [3.8, 4) is 5.75 Å². The van der Waals surface area contributed by atoms with Gasteiger partial charge in [0.05, 0.1) is 0 Å². The zero-order valence-electron chi connectivity index (χ0n) is 9.78. The maximum atomic E-state index is 13.3. The zero-order valence-corrected chi connectivity index (χ0v) is 10.6. The van der Waals surface area contributed by atoms with Crippen LogP contribution in [0, 0.1) is 5.82 Å². The lowest BCUT2D eigenvalue weighted by Crippen LogP contribution is -2.47. The number of ether oxygens (including phenoxy) is 1. The van der Waals surface area contributed by atoms with Crippen LogP contribution in [-0.2, 0) is 0 Å². The Morgan fingerprint density at radius 1 is 1.53 bits per heavy atom. The third kappa shape index (κ3) is 1.74. The fourth-order valence-electron chi connectivity index (χ4n) is 2.81. The van der Waals surface area contributed by atoms with E-state index in [0.29, 0.717) is 11.0 Å². The van der Waals surface area contributed by atoms with Crippen LogP contribution in [0.5, 0.6) is 5.75 Å². The van der Waals surface area contributed by atoms with Crippen molar-refractivity contribution >= 4 is 11.8 Å². The molecular weight excluding hydrogens is 237 g/mol. The standard InChI is InChI=1S/C13H16FNOS/c1-8-13(4-5-17-8)7-11(15)10-3-2-9(14)6-12(10)16-13/h2-3,6,8,11H,4-5,7,15H2,1H3/t8?,11-,13?/m1/s1. The summed E-state index contributed by atoms with van der Waals surface area (Å²) in [5.41, 5.74) is 6.94. The summed E-state index contributed by atoms with van der Waals surface area (Å²) in [4.78, 5) is 0. The molecule has 92 valence electrons. The molecule has 1 aromatic rings. The van der Waals surface area contributed by atoms with Gasteiger partial charge in [0.25, 0.3) is 0 Å². The van der Waals surface area contributed by atoms with Crippen LogP contribution in [0.4, 0.5) is 4.39 Å². The van der Waals surface area contributed by atoms with Gasteiger partial charge in [0, 0.05) is 29.3 Å². The van der Waals surface area contributed by atoms with Crippen LogP contribution >= 0.6 is 11.8 Å². The van der Waals surface area contributed by atoms with E-state index < -0.39 is 0 Å². The molecule has 1 fully saturated rings. The SMILES string of the molecule is CC1SCCC12C[C@@H](N)c1ccc(F)cc1O2. The number of benzene rings is 1. The predicted molar refractivity (Wildman–Crippen MR) is 67.8 cm³/mol. The smallest absolute Gasteiger partial charge is 0.127 e. The molecule has 1 aromatic carbocycles. The molecule has 3 rings (SSSR count). The average Bonchev–Trinajstić information content (AvgIpc) is 2.59. The third-order valence-electron chi connectivity index (χ3n) is 3.89. The van der Waals surface area contributed by atoms with E-state index in [2.05, 4.69) is 6.92 Å².